The van der Waals surface area contributed by atoms with Gasteiger partial charge >= 0.3 is 5.97 Å². The minimum atomic E-state index is -0.691. The van der Waals surface area contributed by atoms with Crippen molar-refractivity contribution < 1.29 is 19.5 Å². The van der Waals surface area contributed by atoms with Crippen molar-refractivity contribution >= 4 is 41.2 Å². The molecule has 0 aliphatic carbocycles. The summed E-state index contributed by atoms with van der Waals surface area (Å²) in [5, 5.41) is 11.0. The molecular weight excluding hydrogens is 298 g/mol. The van der Waals surface area contributed by atoms with Crippen molar-refractivity contribution in [2.75, 3.05) is 24.0 Å². The van der Waals surface area contributed by atoms with E-state index in [4.69, 9.17) is 5.11 Å². The van der Waals surface area contributed by atoms with Crippen molar-refractivity contribution in [3.63, 3.8) is 0 Å². The molecule has 0 spiro atoms. The van der Waals surface area contributed by atoms with Crippen LogP contribution in [0.5, 0.6) is 0 Å². The molecule has 2 atom stereocenters. The Hall–Kier alpha value is -0.690. The minimum Gasteiger partial charge on any atom is -0.481 e. The van der Waals surface area contributed by atoms with E-state index in [2.05, 4.69) is 5.32 Å². The molecule has 0 radical (unpaired) electrons. The number of carbonyl (C=O) groups is 3. The summed E-state index contributed by atoms with van der Waals surface area (Å²) in [6, 6.07) is -0.199. The molecule has 1 aliphatic rings. The van der Waals surface area contributed by atoms with Crippen molar-refractivity contribution in [1.82, 2.24) is 5.32 Å². The highest BCUT2D eigenvalue weighted by molar-refractivity contribution is 7.98. The molecule has 0 bridgehead atoms. The van der Waals surface area contributed by atoms with E-state index in [1.54, 1.807) is 30.4 Å². The Balaban J connectivity index is 0.000000370. The third-order valence-corrected chi connectivity index (χ3v) is 4.13. The van der Waals surface area contributed by atoms with Crippen LogP contribution in [0.3, 0.4) is 0 Å². The van der Waals surface area contributed by atoms with Crippen LogP contribution in [0.15, 0.2) is 0 Å². The number of thioether (sulfide) groups is 2. The van der Waals surface area contributed by atoms with Crippen molar-refractivity contribution in [2.45, 2.75) is 32.2 Å². The molecule has 1 unspecified atom stereocenters. The summed E-state index contributed by atoms with van der Waals surface area (Å²) < 4.78 is 0. The number of rotatable bonds is 7. The molecule has 1 rings (SSSR count). The fraction of sp³-hybridized carbons (Fsp3) is 0.769. The topological polar surface area (TPSA) is 83.5 Å². The van der Waals surface area contributed by atoms with Gasteiger partial charge in [-0.3, -0.25) is 14.4 Å². The molecule has 116 valence electrons. The van der Waals surface area contributed by atoms with Crippen LogP contribution in [0.2, 0.25) is 0 Å². The number of nitrogens with one attached hydrogen (secondary N) is 1. The van der Waals surface area contributed by atoms with Crippen LogP contribution in [0.25, 0.3) is 0 Å². The maximum absolute atomic E-state index is 11.0. The van der Waals surface area contributed by atoms with E-state index in [-0.39, 0.29) is 30.1 Å². The average molecular weight is 321 g/mol. The molecular formula is C13H23NO4S2. The first-order chi connectivity index (χ1) is 9.42. The standard InChI is InChI=1S/C7H11NO2S.C6H12O2S/c1-11-3-2-5-6(9)4-7(10)8-5;1-5(6(7)8)3-4-9-2/h5H,2-4H2,1H3,(H,8,10);5H,3-4H2,1-2H3,(H,7,8)/t5-;/m0./s1. The van der Waals surface area contributed by atoms with Crippen molar-refractivity contribution in [3.05, 3.63) is 0 Å². The molecule has 1 amide bonds. The summed E-state index contributed by atoms with van der Waals surface area (Å²) in [7, 11) is 0. The predicted molar refractivity (Wildman–Crippen MR) is 84.4 cm³/mol. The van der Waals surface area contributed by atoms with Crippen molar-refractivity contribution in [1.29, 1.82) is 0 Å². The molecule has 1 heterocycles. The van der Waals surface area contributed by atoms with Crippen LogP contribution in [-0.2, 0) is 14.4 Å². The molecule has 20 heavy (non-hydrogen) atoms. The van der Waals surface area contributed by atoms with Gasteiger partial charge in [0.2, 0.25) is 5.91 Å². The lowest BCUT2D eigenvalue weighted by Crippen LogP contribution is -2.29. The molecule has 0 aromatic heterocycles. The second-order valence-corrected chi connectivity index (χ2v) is 6.54. The first kappa shape index (κ1) is 19.3. The average Bonchev–Trinajstić information content (AvgIpc) is 2.72. The summed E-state index contributed by atoms with van der Waals surface area (Å²) >= 11 is 3.37. The molecule has 5 nitrogen and oxygen atoms in total. The number of ketones is 1. The van der Waals surface area contributed by atoms with Gasteiger partial charge in [-0.15, -0.1) is 0 Å². The van der Waals surface area contributed by atoms with Crippen molar-refractivity contribution in [3.8, 4) is 0 Å². The Morgan fingerprint density at radius 1 is 1.35 bits per heavy atom. The molecule has 1 aliphatic heterocycles. The lowest BCUT2D eigenvalue weighted by Gasteiger charge is -2.05. The smallest absolute Gasteiger partial charge is 0.306 e. The zero-order chi connectivity index (χ0) is 15.5. The number of amides is 1. The van der Waals surface area contributed by atoms with E-state index in [0.29, 0.717) is 0 Å². The number of Topliss-reactive ketones (excluding diaryl/α,β-unsaturated/α-hetero) is 1. The van der Waals surface area contributed by atoms with Gasteiger partial charge in [-0.25, -0.2) is 0 Å². The van der Waals surface area contributed by atoms with Gasteiger partial charge in [-0.1, -0.05) is 6.92 Å². The zero-order valence-electron chi connectivity index (χ0n) is 12.2. The highest BCUT2D eigenvalue weighted by atomic mass is 32.2. The van der Waals surface area contributed by atoms with Crippen LogP contribution >= 0.6 is 23.5 Å². The van der Waals surface area contributed by atoms with E-state index in [9.17, 15) is 14.4 Å². The first-order valence-corrected chi connectivity index (χ1v) is 9.23. The third-order valence-electron chi connectivity index (χ3n) is 2.85. The summed E-state index contributed by atoms with van der Waals surface area (Å²) in [5.74, 6) is 0.913. The van der Waals surface area contributed by atoms with E-state index in [1.165, 1.54) is 0 Å². The third kappa shape index (κ3) is 8.47. The van der Waals surface area contributed by atoms with Gasteiger partial charge in [0, 0.05) is 0 Å². The fourth-order valence-corrected chi connectivity index (χ4v) is 2.55. The Labute approximate surface area is 128 Å². The lowest BCUT2D eigenvalue weighted by atomic mass is 10.1. The largest absolute Gasteiger partial charge is 0.481 e. The van der Waals surface area contributed by atoms with Gasteiger partial charge in [0.15, 0.2) is 5.78 Å². The normalized spacial score (nSPS) is 19.1. The monoisotopic (exact) mass is 321 g/mol. The Bertz CT molecular complexity index is 336. The Morgan fingerprint density at radius 3 is 2.35 bits per heavy atom. The second-order valence-electron chi connectivity index (χ2n) is 4.57. The minimum absolute atomic E-state index is 0.0454. The molecule has 0 aromatic carbocycles. The van der Waals surface area contributed by atoms with Crippen LogP contribution in [0.4, 0.5) is 0 Å². The number of hydrogen-bond donors (Lipinski definition) is 2. The quantitative estimate of drug-likeness (QED) is 0.694. The van der Waals surface area contributed by atoms with Gasteiger partial charge in [0.1, 0.15) is 0 Å². The summed E-state index contributed by atoms with van der Waals surface area (Å²) in [4.78, 5) is 31.9. The summed E-state index contributed by atoms with van der Waals surface area (Å²) in [6.45, 7) is 1.73. The van der Waals surface area contributed by atoms with Crippen LogP contribution in [0.1, 0.15) is 26.2 Å². The van der Waals surface area contributed by atoms with E-state index in [1.807, 2.05) is 12.5 Å². The molecule has 0 saturated carbocycles. The predicted octanol–water partition coefficient (Wildman–Crippen LogP) is 1.66. The number of aliphatic carboxylic acids is 1. The van der Waals surface area contributed by atoms with Gasteiger partial charge in [0.25, 0.3) is 0 Å². The lowest BCUT2D eigenvalue weighted by molar-refractivity contribution is -0.141. The Morgan fingerprint density at radius 2 is 1.95 bits per heavy atom. The van der Waals surface area contributed by atoms with E-state index >= 15 is 0 Å². The summed E-state index contributed by atoms with van der Waals surface area (Å²) in [5.41, 5.74) is 0. The Kier molecular flexibility index (Phi) is 10.6. The SMILES string of the molecule is CSCCC(C)C(=O)O.CSCC[C@@H]1NC(=O)CC1=O. The van der Waals surface area contributed by atoms with Crippen LogP contribution in [-0.4, -0.2) is 52.8 Å². The highest BCUT2D eigenvalue weighted by Gasteiger charge is 2.28. The zero-order valence-corrected chi connectivity index (χ0v) is 13.8. The molecule has 1 fully saturated rings. The van der Waals surface area contributed by atoms with Crippen LogP contribution < -0.4 is 5.32 Å². The van der Waals surface area contributed by atoms with Crippen LogP contribution in [0, 0.1) is 5.92 Å². The molecule has 1 saturated heterocycles. The highest BCUT2D eigenvalue weighted by Crippen LogP contribution is 2.08. The molecule has 7 heteroatoms. The summed E-state index contributed by atoms with van der Waals surface area (Å²) in [6.07, 6.45) is 5.59. The molecule has 2 N–H and O–H groups in total. The van der Waals surface area contributed by atoms with Gasteiger partial charge in [-0.05, 0) is 36.9 Å². The van der Waals surface area contributed by atoms with E-state index < -0.39 is 5.97 Å². The van der Waals surface area contributed by atoms with Gasteiger partial charge in [0.05, 0.1) is 18.4 Å². The molecule has 0 aromatic rings. The van der Waals surface area contributed by atoms with Gasteiger partial charge < -0.3 is 10.4 Å². The second kappa shape index (κ2) is 11.0. The fourth-order valence-electron chi connectivity index (χ4n) is 1.49. The first-order valence-electron chi connectivity index (χ1n) is 6.45. The van der Waals surface area contributed by atoms with E-state index in [0.717, 1.165) is 24.3 Å². The maximum Gasteiger partial charge on any atom is 0.306 e. The maximum atomic E-state index is 11.0. The number of carboxylic acid groups (broad SMARTS) is 1. The van der Waals surface area contributed by atoms with Gasteiger partial charge in [-0.2, -0.15) is 23.5 Å². The number of carboxylic acids is 1. The number of carbonyl (C=O) groups excluding carboxylic acids is 2. The number of hydrogen-bond acceptors (Lipinski definition) is 5. The van der Waals surface area contributed by atoms with Crippen molar-refractivity contribution in [2.24, 2.45) is 5.92 Å².